The maximum Gasteiger partial charge on any atom is 0.130 e. The zero-order valence-electron chi connectivity index (χ0n) is 9.87. The number of carbonyl (C=O) groups excluding carboxylic acids is 1. The molecule has 0 bridgehead atoms. The normalized spacial score (nSPS) is 29.2. The molecule has 2 heteroatoms. The van der Waals surface area contributed by atoms with Crippen molar-refractivity contribution in [2.75, 3.05) is 14.1 Å². The molecule has 0 saturated heterocycles. The van der Waals surface area contributed by atoms with Crippen LogP contribution < -0.4 is 0 Å². The molecule has 0 aliphatic heterocycles. The van der Waals surface area contributed by atoms with Gasteiger partial charge in [-0.2, -0.15) is 0 Å². The number of carbonyl (C=O) groups is 1. The van der Waals surface area contributed by atoms with Crippen LogP contribution in [-0.4, -0.2) is 24.8 Å². The Kier molecular flexibility index (Phi) is 3.03. The maximum atomic E-state index is 11.0. The lowest BCUT2D eigenvalue weighted by Gasteiger charge is -2.03. The van der Waals surface area contributed by atoms with Crippen LogP contribution in [0.5, 0.6) is 0 Å². The second-order valence-electron chi connectivity index (χ2n) is 5.16. The fourth-order valence-electron chi connectivity index (χ4n) is 2.13. The van der Waals surface area contributed by atoms with Gasteiger partial charge < -0.3 is 9.69 Å². The van der Waals surface area contributed by atoms with E-state index in [9.17, 15) is 4.79 Å². The van der Waals surface area contributed by atoms with Crippen LogP contribution >= 0.6 is 0 Å². The van der Waals surface area contributed by atoms with Crippen molar-refractivity contribution in [2.24, 2.45) is 17.3 Å². The first kappa shape index (κ1) is 11.3. The van der Waals surface area contributed by atoms with Crippen molar-refractivity contribution < 1.29 is 4.79 Å². The Morgan fingerprint density at radius 1 is 1.43 bits per heavy atom. The molecule has 0 heterocycles. The van der Waals surface area contributed by atoms with E-state index < -0.39 is 0 Å². The van der Waals surface area contributed by atoms with Gasteiger partial charge in [0.15, 0.2) is 0 Å². The highest BCUT2D eigenvalue weighted by Gasteiger charge is 2.55. The van der Waals surface area contributed by atoms with Crippen molar-refractivity contribution in [1.82, 2.24) is 4.90 Å². The second-order valence-corrected chi connectivity index (χ2v) is 5.16. The second kappa shape index (κ2) is 3.76. The molecule has 14 heavy (non-hydrogen) atoms. The summed E-state index contributed by atoms with van der Waals surface area (Å²) in [4.78, 5) is 13.1. The van der Waals surface area contributed by atoms with Crippen LogP contribution in [0.3, 0.4) is 0 Å². The summed E-state index contributed by atoms with van der Waals surface area (Å²) >= 11 is 0. The summed E-state index contributed by atoms with van der Waals surface area (Å²) in [6.45, 7) is 6.16. The molecule has 0 N–H and O–H groups in total. The van der Waals surface area contributed by atoms with E-state index in [1.54, 1.807) is 6.92 Å². The van der Waals surface area contributed by atoms with E-state index in [1.165, 1.54) is 0 Å². The Bertz CT molecular complexity index is 253. The number of ketones is 1. The van der Waals surface area contributed by atoms with Crippen LogP contribution in [0.1, 0.15) is 27.2 Å². The summed E-state index contributed by atoms with van der Waals surface area (Å²) in [5, 5.41) is 0. The smallest absolute Gasteiger partial charge is 0.130 e. The number of nitrogens with zero attached hydrogens (tertiary/aromatic N) is 1. The SMILES string of the molecule is CC(=O)CC1C(/C=C/N(C)C)C1(C)C. The Labute approximate surface area is 87.0 Å². The van der Waals surface area contributed by atoms with Gasteiger partial charge in [-0.15, -0.1) is 0 Å². The monoisotopic (exact) mass is 195 g/mol. The summed E-state index contributed by atoms with van der Waals surface area (Å²) < 4.78 is 0. The molecule has 1 aliphatic carbocycles. The third-order valence-corrected chi connectivity index (χ3v) is 3.24. The van der Waals surface area contributed by atoms with Crippen molar-refractivity contribution in [3.63, 3.8) is 0 Å². The summed E-state index contributed by atoms with van der Waals surface area (Å²) in [5.41, 5.74) is 0.318. The molecular weight excluding hydrogens is 174 g/mol. The molecule has 1 fully saturated rings. The van der Waals surface area contributed by atoms with E-state index in [0.717, 1.165) is 6.42 Å². The highest BCUT2D eigenvalue weighted by Crippen LogP contribution is 2.60. The molecule has 2 atom stereocenters. The Hall–Kier alpha value is -0.790. The maximum absolute atomic E-state index is 11.0. The minimum absolute atomic E-state index is 0.309. The molecule has 0 amide bonds. The first-order valence-corrected chi connectivity index (χ1v) is 5.20. The van der Waals surface area contributed by atoms with Gasteiger partial charge in [-0.1, -0.05) is 19.9 Å². The first-order valence-electron chi connectivity index (χ1n) is 5.20. The molecule has 1 aliphatic rings. The first-order chi connectivity index (χ1) is 6.35. The summed E-state index contributed by atoms with van der Waals surface area (Å²) in [7, 11) is 4.04. The number of rotatable bonds is 4. The van der Waals surface area contributed by atoms with Gasteiger partial charge >= 0.3 is 0 Å². The molecule has 80 valence electrons. The highest BCUT2D eigenvalue weighted by molar-refractivity contribution is 5.76. The lowest BCUT2D eigenvalue weighted by atomic mass is 10.1. The zero-order chi connectivity index (χ0) is 10.9. The van der Waals surface area contributed by atoms with Gasteiger partial charge in [0.1, 0.15) is 5.78 Å². The third kappa shape index (κ3) is 2.37. The fourth-order valence-corrected chi connectivity index (χ4v) is 2.13. The zero-order valence-corrected chi connectivity index (χ0v) is 9.87. The summed E-state index contributed by atoms with van der Waals surface area (Å²) in [6, 6.07) is 0. The lowest BCUT2D eigenvalue weighted by Crippen LogP contribution is -2.00. The van der Waals surface area contributed by atoms with E-state index in [1.807, 2.05) is 19.0 Å². The van der Waals surface area contributed by atoms with Crippen LogP contribution in [0.15, 0.2) is 12.3 Å². The van der Waals surface area contributed by atoms with Gasteiger partial charge in [0.2, 0.25) is 0 Å². The minimum Gasteiger partial charge on any atom is -0.384 e. The number of hydrogen-bond acceptors (Lipinski definition) is 2. The number of hydrogen-bond donors (Lipinski definition) is 0. The van der Waals surface area contributed by atoms with E-state index in [4.69, 9.17) is 0 Å². The van der Waals surface area contributed by atoms with Crippen LogP contribution in [0.2, 0.25) is 0 Å². The number of allylic oxidation sites excluding steroid dienone is 1. The molecule has 0 aromatic carbocycles. The minimum atomic E-state index is 0.309. The van der Waals surface area contributed by atoms with Gasteiger partial charge in [-0.25, -0.2) is 0 Å². The van der Waals surface area contributed by atoms with Gasteiger partial charge in [0.25, 0.3) is 0 Å². The van der Waals surface area contributed by atoms with Crippen molar-refractivity contribution in [3.05, 3.63) is 12.3 Å². The molecule has 1 rings (SSSR count). The predicted octanol–water partition coefficient (Wildman–Crippen LogP) is 2.31. The van der Waals surface area contributed by atoms with E-state index in [-0.39, 0.29) is 0 Å². The standard InChI is InChI=1S/C12H21NO/c1-9(14)8-11-10(12(11,2)3)6-7-13(4)5/h6-7,10-11H,8H2,1-5H3/b7-6+. The van der Waals surface area contributed by atoms with Crippen LogP contribution in [0.4, 0.5) is 0 Å². The molecule has 0 aromatic heterocycles. The quantitative estimate of drug-likeness (QED) is 0.686. The Morgan fingerprint density at radius 3 is 2.43 bits per heavy atom. The van der Waals surface area contributed by atoms with Gasteiger partial charge in [0.05, 0.1) is 0 Å². The summed E-state index contributed by atoms with van der Waals surface area (Å²) in [5.74, 6) is 1.44. The molecule has 1 saturated carbocycles. The third-order valence-electron chi connectivity index (χ3n) is 3.24. The Balaban J connectivity index is 2.53. The van der Waals surface area contributed by atoms with Crippen LogP contribution in [-0.2, 0) is 4.79 Å². The van der Waals surface area contributed by atoms with Gasteiger partial charge in [-0.05, 0) is 30.4 Å². The number of Topliss-reactive ketones (excluding diaryl/α,β-unsaturated/α-hetero) is 1. The largest absolute Gasteiger partial charge is 0.384 e. The van der Waals surface area contributed by atoms with Gasteiger partial charge in [-0.3, -0.25) is 0 Å². The van der Waals surface area contributed by atoms with Crippen molar-refractivity contribution in [2.45, 2.75) is 27.2 Å². The molecular formula is C12H21NO. The van der Waals surface area contributed by atoms with Crippen molar-refractivity contribution in [1.29, 1.82) is 0 Å². The summed E-state index contributed by atoms with van der Waals surface area (Å²) in [6.07, 6.45) is 5.05. The fraction of sp³-hybridized carbons (Fsp3) is 0.750. The molecule has 0 radical (unpaired) electrons. The van der Waals surface area contributed by atoms with Crippen molar-refractivity contribution >= 4 is 5.78 Å². The lowest BCUT2D eigenvalue weighted by molar-refractivity contribution is -0.117. The van der Waals surface area contributed by atoms with Crippen molar-refractivity contribution in [3.8, 4) is 0 Å². The predicted molar refractivity (Wildman–Crippen MR) is 58.9 cm³/mol. The van der Waals surface area contributed by atoms with Crippen LogP contribution in [0.25, 0.3) is 0 Å². The van der Waals surface area contributed by atoms with E-state index in [0.29, 0.717) is 23.0 Å². The van der Waals surface area contributed by atoms with E-state index in [2.05, 4.69) is 26.1 Å². The molecule has 2 unspecified atom stereocenters. The highest BCUT2D eigenvalue weighted by atomic mass is 16.1. The van der Waals surface area contributed by atoms with Gasteiger partial charge in [0, 0.05) is 20.5 Å². The van der Waals surface area contributed by atoms with E-state index >= 15 is 0 Å². The molecule has 0 spiro atoms. The molecule has 2 nitrogen and oxygen atoms in total. The topological polar surface area (TPSA) is 20.3 Å². The molecule has 0 aromatic rings. The Morgan fingerprint density at radius 2 is 2.00 bits per heavy atom. The average molecular weight is 195 g/mol. The average Bonchev–Trinajstić information content (AvgIpc) is 2.48. The van der Waals surface area contributed by atoms with Crippen LogP contribution in [0, 0.1) is 17.3 Å².